The van der Waals surface area contributed by atoms with Crippen LogP contribution in [0.3, 0.4) is 0 Å². The molecule has 0 heterocycles. The van der Waals surface area contributed by atoms with Gasteiger partial charge in [-0.05, 0) is 17.9 Å². The number of amides is 2. The van der Waals surface area contributed by atoms with E-state index >= 15 is 0 Å². The molecule has 0 fully saturated rings. The molecular weight excluding hydrogens is 296 g/mol. The molecule has 1 aromatic rings. The molecule has 0 radical (unpaired) electrons. The van der Waals surface area contributed by atoms with Crippen molar-refractivity contribution in [2.24, 2.45) is 11.8 Å². The second kappa shape index (κ2) is 9.94. The summed E-state index contributed by atoms with van der Waals surface area (Å²) < 4.78 is 5.50. The molecule has 0 unspecified atom stereocenters. The fourth-order valence-corrected chi connectivity index (χ4v) is 2.06. The van der Waals surface area contributed by atoms with E-state index in [-0.39, 0.29) is 18.4 Å². The van der Waals surface area contributed by atoms with Crippen LogP contribution in [-0.2, 0) is 20.9 Å². The molecule has 0 aromatic heterocycles. The van der Waals surface area contributed by atoms with Crippen LogP contribution in [0.4, 0.5) is 0 Å². The van der Waals surface area contributed by atoms with Crippen LogP contribution < -0.4 is 22.3 Å². The zero-order valence-electron chi connectivity index (χ0n) is 13.7. The molecule has 0 aliphatic carbocycles. The van der Waals surface area contributed by atoms with Gasteiger partial charge in [0.2, 0.25) is 0 Å². The van der Waals surface area contributed by atoms with Gasteiger partial charge in [0.05, 0.1) is 6.61 Å². The lowest BCUT2D eigenvalue weighted by Gasteiger charge is -2.20. The van der Waals surface area contributed by atoms with Crippen LogP contribution in [0.2, 0.25) is 0 Å². The van der Waals surface area contributed by atoms with E-state index < -0.39 is 18.0 Å². The highest BCUT2D eigenvalue weighted by Gasteiger charge is 2.25. The van der Waals surface area contributed by atoms with E-state index in [1.54, 1.807) is 0 Å². The topological polar surface area (TPSA) is 121 Å². The molecule has 0 saturated heterocycles. The Balaban J connectivity index is 2.43. The van der Waals surface area contributed by atoms with E-state index in [1.807, 2.05) is 44.2 Å². The Morgan fingerprint density at radius 2 is 1.87 bits per heavy atom. The van der Waals surface area contributed by atoms with E-state index in [0.29, 0.717) is 13.0 Å². The summed E-state index contributed by atoms with van der Waals surface area (Å²) in [5.74, 6) is 4.66. The minimum absolute atomic E-state index is 0.180. The van der Waals surface area contributed by atoms with Crippen LogP contribution in [0, 0.1) is 5.92 Å². The van der Waals surface area contributed by atoms with Crippen molar-refractivity contribution in [2.45, 2.75) is 39.0 Å². The maximum absolute atomic E-state index is 12.1. The first-order chi connectivity index (χ1) is 10.9. The number of carbonyl (C=O) groups is 2. The second-order valence-corrected chi connectivity index (χ2v) is 5.90. The maximum Gasteiger partial charge on any atom is 0.281 e. The number of hydrogen-bond donors (Lipinski definition) is 4. The molecule has 1 rings (SSSR count). The number of nitrogens with one attached hydrogen (secondary N) is 2. The Hall–Kier alpha value is -1.96. The molecule has 2 amide bonds. The molecule has 23 heavy (non-hydrogen) atoms. The van der Waals surface area contributed by atoms with Gasteiger partial charge in [-0.3, -0.25) is 15.0 Å². The molecule has 0 spiro atoms. The van der Waals surface area contributed by atoms with Crippen LogP contribution in [0.5, 0.6) is 0 Å². The van der Waals surface area contributed by atoms with Crippen molar-refractivity contribution < 1.29 is 20.1 Å². The number of hydrazine groups is 1. The molecule has 0 saturated carbocycles. The molecule has 1 aromatic carbocycles. The summed E-state index contributed by atoms with van der Waals surface area (Å²) in [5, 5.41) is 2.67. The minimum atomic E-state index is -0.661. The molecule has 2 atom stereocenters. The maximum atomic E-state index is 12.1. The Morgan fingerprint density at radius 1 is 1.22 bits per heavy atom. The van der Waals surface area contributed by atoms with Gasteiger partial charge in [0, 0.05) is 0 Å². The SMILES string of the molecule is CC(C)C[C@@H](NC(=O)[C@@H]([NH3+])COCc1ccccc1)C(=O)NN. The lowest BCUT2D eigenvalue weighted by molar-refractivity contribution is -0.411. The number of quaternary nitrogens is 1. The van der Waals surface area contributed by atoms with Crippen molar-refractivity contribution >= 4 is 11.8 Å². The summed E-state index contributed by atoms with van der Waals surface area (Å²) in [6, 6.07) is 8.41. The van der Waals surface area contributed by atoms with Crippen molar-refractivity contribution in [3.8, 4) is 0 Å². The minimum Gasteiger partial charge on any atom is -0.370 e. The van der Waals surface area contributed by atoms with E-state index in [9.17, 15) is 9.59 Å². The van der Waals surface area contributed by atoms with Crippen molar-refractivity contribution in [3.05, 3.63) is 35.9 Å². The Labute approximate surface area is 136 Å². The number of ether oxygens (including phenoxy) is 1. The Bertz CT molecular complexity index is 493. The molecule has 0 aliphatic heterocycles. The first-order valence-electron chi connectivity index (χ1n) is 7.69. The second-order valence-electron chi connectivity index (χ2n) is 5.90. The van der Waals surface area contributed by atoms with Gasteiger partial charge in [-0.15, -0.1) is 0 Å². The van der Waals surface area contributed by atoms with Crippen molar-refractivity contribution in [1.29, 1.82) is 0 Å². The van der Waals surface area contributed by atoms with Crippen LogP contribution in [-0.4, -0.2) is 30.5 Å². The first-order valence-corrected chi connectivity index (χ1v) is 7.69. The molecule has 128 valence electrons. The normalized spacial score (nSPS) is 13.4. The van der Waals surface area contributed by atoms with Crippen LogP contribution in [0.1, 0.15) is 25.8 Å². The van der Waals surface area contributed by atoms with Gasteiger partial charge in [0.15, 0.2) is 6.04 Å². The summed E-state index contributed by atoms with van der Waals surface area (Å²) in [4.78, 5) is 23.8. The van der Waals surface area contributed by atoms with Gasteiger partial charge >= 0.3 is 0 Å². The number of nitrogens with two attached hydrogens (primary N) is 1. The highest BCUT2D eigenvalue weighted by Crippen LogP contribution is 2.05. The van der Waals surface area contributed by atoms with Gasteiger partial charge in [-0.2, -0.15) is 0 Å². The van der Waals surface area contributed by atoms with Gasteiger partial charge in [-0.25, -0.2) is 5.84 Å². The molecule has 7 nitrogen and oxygen atoms in total. The van der Waals surface area contributed by atoms with Crippen LogP contribution in [0.25, 0.3) is 0 Å². The van der Waals surface area contributed by atoms with Crippen LogP contribution >= 0.6 is 0 Å². The van der Waals surface area contributed by atoms with E-state index in [1.165, 1.54) is 0 Å². The highest BCUT2D eigenvalue weighted by molar-refractivity contribution is 5.88. The zero-order chi connectivity index (χ0) is 17.2. The first kappa shape index (κ1) is 19.1. The fraction of sp³-hybridized carbons (Fsp3) is 0.500. The lowest BCUT2D eigenvalue weighted by atomic mass is 10.0. The predicted octanol–water partition coefficient (Wildman–Crippen LogP) is -0.665. The van der Waals surface area contributed by atoms with E-state index in [0.717, 1.165) is 5.56 Å². The average Bonchev–Trinajstić information content (AvgIpc) is 2.53. The van der Waals surface area contributed by atoms with Crippen molar-refractivity contribution in [1.82, 2.24) is 10.7 Å². The Kier molecular flexibility index (Phi) is 8.25. The van der Waals surface area contributed by atoms with Crippen molar-refractivity contribution in [3.63, 3.8) is 0 Å². The largest absolute Gasteiger partial charge is 0.370 e. The van der Waals surface area contributed by atoms with Gasteiger partial charge in [0.1, 0.15) is 12.6 Å². The molecule has 7 heteroatoms. The Morgan fingerprint density at radius 3 is 2.43 bits per heavy atom. The molecule has 7 N–H and O–H groups in total. The smallest absolute Gasteiger partial charge is 0.281 e. The third kappa shape index (κ3) is 7.23. The monoisotopic (exact) mass is 323 g/mol. The summed E-state index contributed by atoms with van der Waals surface area (Å²) in [7, 11) is 0. The van der Waals surface area contributed by atoms with Gasteiger partial charge < -0.3 is 15.8 Å². The zero-order valence-corrected chi connectivity index (χ0v) is 13.7. The number of hydrogen-bond acceptors (Lipinski definition) is 4. The standard InChI is InChI=1S/C16H26N4O3/c1-11(2)8-14(16(22)20-18)19-15(21)13(17)10-23-9-12-6-4-3-5-7-12/h3-7,11,13-14H,8-10,17-18H2,1-2H3,(H,19,21)(H,20,22)/p+1/t13-,14+/m0/s1. The summed E-state index contributed by atoms with van der Waals surface area (Å²) >= 11 is 0. The van der Waals surface area contributed by atoms with Gasteiger partial charge in [-0.1, -0.05) is 44.2 Å². The number of benzene rings is 1. The molecule has 0 bridgehead atoms. The van der Waals surface area contributed by atoms with Gasteiger partial charge in [0.25, 0.3) is 11.8 Å². The molecule has 0 aliphatic rings. The van der Waals surface area contributed by atoms with E-state index in [2.05, 4.69) is 16.5 Å². The third-order valence-electron chi connectivity index (χ3n) is 3.28. The van der Waals surface area contributed by atoms with Crippen molar-refractivity contribution in [2.75, 3.05) is 6.61 Å². The van der Waals surface area contributed by atoms with E-state index in [4.69, 9.17) is 10.6 Å². The summed E-state index contributed by atoms with van der Waals surface area (Å²) in [6.07, 6.45) is 0.506. The fourth-order valence-electron chi connectivity index (χ4n) is 2.06. The summed E-state index contributed by atoms with van der Waals surface area (Å²) in [5.41, 5.74) is 6.89. The lowest BCUT2D eigenvalue weighted by Crippen LogP contribution is -2.70. The highest BCUT2D eigenvalue weighted by atomic mass is 16.5. The van der Waals surface area contributed by atoms with Crippen LogP contribution in [0.15, 0.2) is 30.3 Å². The molecular formula is C16H27N4O3+. The average molecular weight is 323 g/mol. The number of carbonyl (C=O) groups excluding carboxylic acids is 2. The number of rotatable bonds is 9. The predicted molar refractivity (Wildman–Crippen MR) is 86.5 cm³/mol. The quantitative estimate of drug-likeness (QED) is 0.274. The summed E-state index contributed by atoms with van der Waals surface area (Å²) in [6.45, 7) is 4.53. The third-order valence-corrected chi connectivity index (χ3v) is 3.28.